The molecule has 1 heterocycles. The molecule has 132 valence electrons. The average molecular weight is 332 g/mol. The minimum absolute atomic E-state index is 0.185. The fourth-order valence-electron chi connectivity index (χ4n) is 2.91. The molecule has 1 aliphatic rings. The van der Waals surface area contributed by atoms with Crippen LogP contribution in [0.5, 0.6) is 0 Å². The highest BCUT2D eigenvalue weighted by Gasteiger charge is 2.30. The van der Waals surface area contributed by atoms with Gasteiger partial charge < -0.3 is 25.3 Å². The van der Waals surface area contributed by atoms with Crippen LogP contribution in [-0.2, 0) is 4.74 Å². The summed E-state index contributed by atoms with van der Waals surface area (Å²) in [6, 6.07) is 6.24. The van der Waals surface area contributed by atoms with Crippen molar-refractivity contribution in [3.05, 3.63) is 23.8 Å². The molecule has 0 aliphatic carbocycles. The van der Waals surface area contributed by atoms with E-state index in [0.717, 1.165) is 23.5 Å². The van der Waals surface area contributed by atoms with Crippen molar-refractivity contribution in [3.8, 4) is 0 Å². The Kier molecular flexibility index (Phi) is 5.36. The molecule has 1 aliphatic heterocycles. The number of hydrogen-bond acceptors (Lipinski definition) is 5. The Morgan fingerprint density at radius 2 is 2.08 bits per heavy atom. The van der Waals surface area contributed by atoms with E-state index in [1.165, 1.54) is 6.21 Å². The number of anilines is 2. The number of carbonyl (C=O) groups excluding carboxylic acids is 1. The Bertz CT molecular complexity index is 610. The van der Waals surface area contributed by atoms with Gasteiger partial charge >= 0.3 is 6.09 Å². The van der Waals surface area contributed by atoms with Gasteiger partial charge in [0.2, 0.25) is 0 Å². The van der Waals surface area contributed by atoms with Gasteiger partial charge in [-0.05, 0) is 45.9 Å². The van der Waals surface area contributed by atoms with Crippen LogP contribution >= 0.6 is 0 Å². The van der Waals surface area contributed by atoms with Gasteiger partial charge in [-0.15, -0.1) is 0 Å². The summed E-state index contributed by atoms with van der Waals surface area (Å²) >= 11 is 0. The number of piperazine rings is 1. The second-order valence-electron chi connectivity index (χ2n) is 7.13. The molecule has 1 aromatic rings. The van der Waals surface area contributed by atoms with Gasteiger partial charge in [0, 0.05) is 55.9 Å². The molecule has 1 amide bonds. The first-order valence-corrected chi connectivity index (χ1v) is 8.32. The molecule has 6 nitrogen and oxygen atoms in total. The second kappa shape index (κ2) is 7.11. The molecule has 24 heavy (non-hydrogen) atoms. The molecule has 2 N–H and O–H groups in total. The Balaban J connectivity index is 2.08. The van der Waals surface area contributed by atoms with Crippen LogP contribution < -0.4 is 10.2 Å². The molecular weight excluding hydrogens is 304 g/mol. The third-order valence-corrected chi connectivity index (χ3v) is 4.07. The molecule has 1 fully saturated rings. The monoisotopic (exact) mass is 332 g/mol. The molecule has 6 heteroatoms. The lowest BCUT2D eigenvalue weighted by Gasteiger charge is -2.41. The van der Waals surface area contributed by atoms with Gasteiger partial charge in [0.15, 0.2) is 0 Å². The molecule has 1 aromatic carbocycles. The third-order valence-electron chi connectivity index (χ3n) is 4.07. The van der Waals surface area contributed by atoms with E-state index in [4.69, 9.17) is 10.1 Å². The van der Waals surface area contributed by atoms with Gasteiger partial charge in [0.25, 0.3) is 0 Å². The lowest BCUT2D eigenvalue weighted by molar-refractivity contribution is 0.0219. The third kappa shape index (κ3) is 4.19. The van der Waals surface area contributed by atoms with Crippen LogP contribution in [-0.4, -0.2) is 55.5 Å². The summed E-state index contributed by atoms with van der Waals surface area (Å²) in [7, 11) is 1.85. The molecule has 1 saturated heterocycles. The predicted molar refractivity (Wildman–Crippen MR) is 98.5 cm³/mol. The maximum absolute atomic E-state index is 12.2. The van der Waals surface area contributed by atoms with Crippen molar-refractivity contribution < 1.29 is 9.53 Å². The van der Waals surface area contributed by atoms with Gasteiger partial charge in [0.1, 0.15) is 5.60 Å². The Morgan fingerprint density at radius 3 is 2.62 bits per heavy atom. The van der Waals surface area contributed by atoms with Crippen LogP contribution in [0.15, 0.2) is 18.2 Å². The summed E-state index contributed by atoms with van der Waals surface area (Å²) in [5.74, 6) is 0. The van der Waals surface area contributed by atoms with E-state index in [1.807, 2.05) is 40.0 Å². The average Bonchev–Trinajstić information content (AvgIpc) is 2.52. The summed E-state index contributed by atoms with van der Waals surface area (Å²) in [6.45, 7) is 9.76. The van der Waals surface area contributed by atoms with Crippen LogP contribution in [0.25, 0.3) is 0 Å². The quantitative estimate of drug-likeness (QED) is 0.834. The molecule has 0 aromatic heterocycles. The van der Waals surface area contributed by atoms with E-state index in [0.29, 0.717) is 13.1 Å². The van der Waals surface area contributed by atoms with Crippen LogP contribution in [0.2, 0.25) is 0 Å². The van der Waals surface area contributed by atoms with Crippen molar-refractivity contribution >= 4 is 23.7 Å². The highest BCUT2D eigenvalue weighted by Crippen LogP contribution is 2.26. The number of hydrogen-bond donors (Lipinski definition) is 2. The Morgan fingerprint density at radius 1 is 1.38 bits per heavy atom. The number of carbonyl (C=O) groups is 1. The summed E-state index contributed by atoms with van der Waals surface area (Å²) in [4.78, 5) is 16.3. The van der Waals surface area contributed by atoms with Gasteiger partial charge in [-0.1, -0.05) is 0 Å². The molecule has 0 unspecified atom stereocenters. The summed E-state index contributed by atoms with van der Waals surface area (Å²) < 4.78 is 5.46. The number of benzene rings is 1. The zero-order chi connectivity index (χ0) is 17.9. The number of ether oxygens (including phenoxy) is 1. The number of amides is 1. The fourth-order valence-corrected chi connectivity index (χ4v) is 2.91. The van der Waals surface area contributed by atoms with E-state index in [-0.39, 0.29) is 12.1 Å². The number of nitrogens with one attached hydrogen (secondary N) is 2. The number of nitrogens with zero attached hydrogens (tertiary/aromatic N) is 2. The van der Waals surface area contributed by atoms with Gasteiger partial charge in [0.05, 0.1) is 0 Å². The molecule has 0 spiro atoms. The lowest BCUT2D eigenvalue weighted by atomic mass is 10.1. The first-order valence-electron chi connectivity index (χ1n) is 8.32. The minimum Gasteiger partial charge on any atom is -0.444 e. The van der Waals surface area contributed by atoms with Crippen molar-refractivity contribution in [2.24, 2.45) is 0 Å². The van der Waals surface area contributed by atoms with Gasteiger partial charge in [-0.25, -0.2) is 4.79 Å². The van der Waals surface area contributed by atoms with Crippen molar-refractivity contribution in [2.75, 3.05) is 36.9 Å². The van der Waals surface area contributed by atoms with E-state index in [1.54, 1.807) is 4.90 Å². The van der Waals surface area contributed by atoms with Crippen LogP contribution in [0.3, 0.4) is 0 Å². The minimum atomic E-state index is -0.473. The van der Waals surface area contributed by atoms with Crippen LogP contribution in [0.1, 0.15) is 33.3 Å². The summed E-state index contributed by atoms with van der Waals surface area (Å²) in [6.07, 6.45) is 1.11. The molecule has 0 bridgehead atoms. The van der Waals surface area contributed by atoms with E-state index in [2.05, 4.69) is 23.2 Å². The van der Waals surface area contributed by atoms with Crippen molar-refractivity contribution in [2.45, 2.75) is 39.3 Å². The smallest absolute Gasteiger partial charge is 0.410 e. The highest BCUT2D eigenvalue weighted by atomic mass is 16.6. The normalized spacial score (nSPS) is 18.3. The standard InChI is InChI=1S/C18H28N4O2/c1-13-12-21(17(23)24-18(2,3)4)8-9-22(13)15-6-7-16(20-5)14(10-15)11-19/h6-7,10-11,13,19-20H,8-9,12H2,1-5H3/t13-/m0/s1. The zero-order valence-electron chi connectivity index (χ0n) is 15.2. The maximum Gasteiger partial charge on any atom is 0.410 e. The van der Waals surface area contributed by atoms with E-state index >= 15 is 0 Å². The topological polar surface area (TPSA) is 68.7 Å². The predicted octanol–water partition coefficient (Wildman–Crippen LogP) is 3.17. The molecule has 2 rings (SSSR count). The fraction of sp³-hybridized carbons (Fsp3) is 0.556. The zero-order valence-corrected chi connectivity index (χ0v) is 15.2. The SMILES string of the molecule is CNc1ccc(N2CCN(C(=O)OC(C)(C)C)C[C@@H]2C)cc1C=N. The first-order chi connectivity index (χ1) is 11.2. The molecule has 0 saturated carbocycles. The van der Waals surface area contributed by atoms with Crippen LogP contribution in [0.4, 0.5) is 16.2 Å². The van der Waals surface area contributed by atoms with E-state index < -0.39 is 5.60 Å². The Hall–Kier alpha value is -2.24. The summed E-state index contributed by atoms with van der Waals surface area (Å²) in [5.41, 5.74) is 2.40. The second-order valence-corrected chi connectivity index (χ2v) is 7.13. The largest absolute Gasteiger partial charge is 0.444 e. The number of rotatable bonds is 3. The van der Waals surface area contributed by atoms with Crippen LogP contribution in [0, 0.1) is 5.41 Å². The van der Waals surface area contributed by atoms with Crippen molar-refractivity contribution in [3.63, 3.8) is 0 Å². The van der Waals surface area contributed by atoms with Gasteiger partial charge in [-0.3, -0.25) is 0 Å². The van der Waals surface area contributed by atoms with Crippen molar-refractivity contribution in [1.29, 1.82) is 5.41 Å². The maximum atomic E-state index is 12.2. The Labute approximate surface area is 144 Å². The first kappa shape index (κ1) is 18.1. The van der Waals surface area contributed by atoms with E-state index in [9.17, 15) is 4.79 Å². The molecule has 1 atom stereocenters. The summed E-state index contributed by atoms with van der Waals surface area (Å²) in [5, 5.41) is 10.7. The molecular formula is C18H28N4O2. The highest BCUT2D eigenvalue weighted by molar-refractivity contribution is 5.87. The van der Waals surface area contributed by atoms with Gasteiger partial charge in [-0.2, -0.15) is 0 Å². The lowest BCUT2D eigenvalue weighted by Crippen LogP contribution is -2.54. The molecule has 0 radical (unpaired) electrons. The van der Waals surface area contributed by atoms with Crippen molar-refractivity contribution in [1.82, 2.24) is 4.90 Å².